The first-order chi connectivity index (χ1) is 9.99. The second-order valence-electron chi connectivity index (χ2n) is 4.11. The minimum Gasteiger partial charge on any atom is -0.478 e. The molecule has 1 aliphatic heterocycles. The van der Waals surface area contributed by atoms with Crippen molar-refractivity contribution >= 4 is 33.6 Å². The van der Waals surface area contributed by atoms with Crippen molar-refractivity contribution in [1.29, 1.82) is 0 Å². The van der Waals surface area contributed by atoms with E-state index in [4.69, 9.17) is 10.2 Å². The molecule has 1 aliphatic rings. The van der Waals surface area contributed by atoms with Crippen LogP contribution in [0.1, 0.15) is 0 Å². The van der Waals surface area contributed by atoms with Crippen molar-refractivity contribution in [3.63, 3.8) is 0 Å². The van der Waals surface area contributed by atoms with Crippen molar-refractivity contribution in [3.05, 3.63) is 35.1 Å². The van der Waals surface area contributed by atoms with Gasteiger partial charge >= 0.3 is 11.9 Å². The highest BCUT2D eigenvalue weighted by Gasteiger charge is 2.10. The van der Waals surface area contributed by atoms with Crippen LogP contribution in [0.25, 0.3) is 0 Å². The molecule has 0 spiro atoms. The van der Waals surface area contributed by atoms with Gasteiger partial charge in [0.1, 0.15) is 0 Å². The number of aliphatic carboxylic acids is 2. The van der Waals surface area contributed by atoms with E-state index in [1.165, 1.54) is 5.69 Å². The Kier molecular flexibility index (Phi) is 7.41. The number of nitrogens with zero attached hydrogens (tertiary/aromatic N) is 2. The van der Waals surface area contributed by atoms with Gasteiger partial charge in [0.15, 0.2) is 0 Å². The molecular weight excluding hydrogens is 342 g/mol. The average Bonchev–Trinajstić information content (AvgIpc) is 2.47. The molecule has 1 aromatic rings. The quantitative estimate of drug-likeness (QED) is 0.692. The number of hydrogen-bond acceptors (Lipinski definition) is 5. The Hall–Kier alpha value is -1.93. The maximum Gasteiger partial charge on any atom is 0.328 e. The van der Waals surface area contributed by atoms with E-state index in [-0.39, 0.29) is 0 Å². The number of anilines is 1. The van der Waals surface area contributed by atoms with Crippen LogP contribution in [0.15, 0.2) is 35.1 Å². The largest absolute Gasteiger partial charge is 0.478 e. The molecule has 0 unspecified atom stereocenters. The number of carboxylic acids is 2. The summed E-state index contributed by atoms with van der Waals surface area (Å²) in [4.78, 5) is 25.6. The van der Waals surface area contributed by atoms with Crippen molar-refractivity contribution in [3.8, 4) is 0 Å². The molecule has 8 heteroatoms. The van der Waals surface area contributed by atoms with Gasteiger partial charge in [-0.25, -0.2) is 9.59 Å². The Labute approximate surface area is 130 Å². The number of rotatable bonds is 3. The summed E-state index contributed by atoms with van der Waals surface area (Å²) in [6, 6.07) is 2.11. The monoisotopic (exact) mass is 357 g/mol. The minimum absolute atomic E-state index is 0.558. The van der Waals surface area contributed by atoms with Crippen LogP contribution in [0.2, 0.25) is 0 Å². The topological polar surface area (TPSA) is 103 Å². The fourth-order valence-electron chi connectivity index (χ4n) is 1.64. The number of aromatic nitrogens is 1. The Morgan fingerprint density at radius 2 is 1.76 bits per heavy atom. The predicted molar refractivity (Wildman–Crippen MR) is 81.4 cm³/mol. The number of carboxylic acid groups (broad SMARTS) is 2. The summed E-state index contributed by atoms with van der Waals surface area (Å²) in [5.41, 5.74) is 1.20. The second kappa shape index (κ2) is 9.09. The van der Waals surface area contributed by atoms with Gasteiger partial charge in [-0.15, -0.1) is 0 Å². The van der Waals surface area contributed by atoms with Gasteiger partial charge in [-0.1, -0.05) is 0 Å². The van der Waals surface area contributed by atoms with E-state index in [2.05, 4.69) is 37.2 Å². The van der Waals surface area contributed by atoms with Crippen LogP contribution in [0.4, 0.5) is 5.69 Å². The molecule has 0 aliphatic carbocycles. The summed E-state index contributed by atoms with van der Waals surface area (Å²) < 4.78 is 1.04. The van der Waals surface area contributed by atoms with E-state index >= 15 is 0 Å². The Balaban J connectivity index is 0.000000240. The molecule has 114 valence electrons. The van der Waals surface area contributed by atoms with E-state index in [0.717, 1.165) is 30.7 Å². The van der Waals surface area contributed by atoms with Crippen molar-refractivity contribution < 1.29 is 19.8 Å². The van der Waals surface area contributed by atoms with Gasteiger partial charge in [-0.2, -0.15) is 0 Å². The van der Waals surface area contributed by atoms with Crippen molar-refractivity contribution in [1.82, 2.24) is 10.3 Å². The molecule has 0 atom stereocenters. The Morgan fingerprint density at radius 1 is 1.19 bits per heavy atom. The standard InChI is InChI=1S/C9H12BrN3.C4H4O4/c10-8-5-9(7-12-6-8)13-3-1-11-2-4-13;5-3(6)1-2-4(7)8/h5-7,11H,1-4H2;1-2H,(H,5,6)(H,7,8)/b;2-1+. The molecule has 3 N–H and O–H groups in total. The summed E-state index contributed by atoms with van der Waals surface area (Å²) >= 11 is 3.42. The van der Waals surface area contributed by atoms with Crippen molar-refractivity contribution in [2.75, 3.05) is 31.1 Å². The smallest absolute Gasteiger partial charge is 0.328 e. The number of piperazine rings is 1. The number of carbonyl (C=O) groups is 2. The second-order valence-corrected chi connectivity index (χ2v) is 5.02. The third-order valence-corrected chi connectivity index (χ3v) is 2.97. The number of nitrogens with one attached hydrogen (secondary N) is 1. The zero-order valence-corrected chi connectivity index (χ0v) is 12.8. The van der Waals surface area contributed by atoms with E-state index in [0.29, 0.717) is 12.2 Å². The molecule has 2 heterocycles. The third-order valence-electron chi connectivity index (χ3n) is 2.54. The van der Waals surface area contributed by atoms with Crippen LogP contribution in [-0.2, 0) is 9.59 Å². The molecule has 2 rings (SSSR count). The first kappa shape index (κ1) is 17.1. The normalized spacial score (nSPS) is 14.4. The van der Waals surface area contributed by atoms with E-state index in [1.807, 2.05) is 12.4 Å². The fourth-order valence-corrected chi connectivity index (χ4v) is 1.99. The Bertz CT molecular complexity index is 500. The van der Waals surface area contributed by atoms with Gasteiger partial charge in [-0.3, -0.25) is 4.98 Å². The molecule has 0 aromatic carbocycles. The van der Waals surface area contributed by atoms with Crippen LogP contribution < -0.4 is 10.2 Å². The number of pyridine rings is 1. The maximum atomic E-state index is 9.55. The zero-order valence-electron chi connectivity index (χ0n) is 11.2. The predicted octanol–water partition coefficient (Wildman–Crippen LogP) is 0.965. The lowest BCUT2D eigenvalue weighted by Crippen LogP contribution is -2.43. The highest BCUT2D eigenvalue weighted by molar-refractivity contribution is 9.10. The van der Waals surface area contributed by atoms with E-state index in [9.17, 15) is 9.59 Å². The first-order valence-electron chi connectivity index (χ1n) is 6.19. The van der Waals surface area contributed by atoms with Crippen LogP contribution >= 0.6 is 15.9 Å². The molecule has 0 saturated carbocycles. The SMILES string of the molecule is Brc1cncc(N2CCNCC2)c1.O=C(O)/C=C/C(=O)O. The molecule has 1 saturated heterocycles. The van der Waals surface area contributed by atoms with Gasteiger partial charge in [0.2, 0.25) is 0 Å². The maximum absolute atomic E-state index is 9.55. The van der Waals surface area contributed by atoms with Crippen molar-refractivity contribution in [2.24, 2.45) is 0 Å². The molecular formula is C13H16BrN3O4. The first-order valence-corrected chi connectivity index (χ1v) is 6.98. The lowest BCUT2D eigenvalue weighted by atomic mass is 10.3. The van der Waals surface area contributed by atoms with E-state index < -0.39 is 11.9 Å². The minimum atomic E-state index is -1.26. The number of halogens is 1. The highest BCUT2D eigenvalue weighted by atomic mass is 79.9. The molecule has 1 fully saturated rings. The summed E-state index contributed by atoms with van der Waals surface area (Å²) in [7, 11) is 0. The van der Waals surface area contributed by atoms with Crippen LogP contribution in [0.3, 0.4) is 0 Å². The van der Waals surface area contributed by atoms with Gasteiger partial charge in [0.05, 0.1) is 11.9 Å². The summed E-state index contributed by atoms with van der Waals surface area (Å²) in [6.07, 6.45) is 4.84. The van der Waals surface area contributed by atoms with E-state index in [1.54, 1.807) is 0 Å². The van der Waals surface area contributed by atoms with Gasteiger partial charge in [0, 0.05) is 49.0 Å². The molecule has 0 bridgehead atoms. The van der Waals surface area contributed by atoms with Crippen molar-refractivity contribution in [2.45, 2.75) is 0 Å². The fraction of sp³-hybridized carbons (Fsp3) is 0.308. The highest BCUT2D eigenvalue weighted by Crippen LogP contribution is 2.18. The lowest BCUT2D eigenvalue weighted by molar-refractivity contribution is -0.134. The Morgan fingerprint density at radius 3 is 2.24 bits per heavy atom. The average molecular weight is 358 g/mol. The summed E-state index contributed by atoms with van der Waals surface area (Å²) in [6.45, 7) is 4.26. The van der Waals surface area contributed by atoms with Gasteiger partial charge < -0.3 is 20.4 Å². The molecule has 1 aromatic heterocycles. The van der Waals surface area contributed by atoms with Crippen LogP contribution in [0.5, 0.6) is 0 Å². The molecule has 7 nitrogen and oxygen atoms in total. The summed E-state index contributed by atoms with van der Waals surface area (Å²) in [5.74, 6) is -2.51. The van der Waals surface area contributed by atoms with Gasteiger partial charge in [-0.05, 0) is 22.0 Å². The lowest BCUT2D eigenvalue weighted by Gasteiger charge is -2.29. The molecule has 21 heavy (non-hydrogen) atoms. The molecule has 0 amide bonds. The third kappa shape index (κ3) is 7.42. The van der Waals surface area contributed by atoms with Gasteiger partial charge in [0.25, 0.3) is 0 Å². The van der Waals surface area contributed by atoms with Crippen LogP contribution in [-0.4, -0.2) is 53.3 Å². The number of hydrogen-bond donors (Lipinski definition) is 3. The van der Waals surface area contributed by atoms with Crippen LogP contribution in [0, 0.1) is 0 Å². The summed E-state index contributed by atoms with van der Waals surface area (Å²) in [5, 5.41) is 18.9. The molecule has 0 radical (unpaired) electrons. The zero-order chi connectivity index (χ0) is 15.7.